The number of para-hydroxylation sites is 1. The first-order valence-electron chi connectivity index (χ1n) is 11.0. The van der Waals surface area contributed by atoms with Crippen LogP contribution in [0, 0.1) is 6.92 Å². The Balaban J connectivity index is 1.63. The van der Waals surface area contributed by atoms with E-state index >= 15 is 0 Å². The molecule has 0 aliphatic heterocycles. The summed E-state index contributed by atoms with van der Waals surface area (Å²) >= 11 is 6.02. The van der Waals surface area contributed by atoms with Crippen LogP contribution < -0.4 is 10.9 Å². The Kier molecular flexibility index (Phi) is 5.63. The second-order valence-corrected chi connectivity index (χ2v) is 8.58. The largest absolute Gasteiger partial charge is 0.319 e. The molecule has 3 aromatic carbocycles. The number of nitrogens with one attached hydrogen (secondary N) is 1. The van der Waals surface area contributed by atoms with Gasteiger partial charge in [-0.1, -0.05) is 54.9 Å². The summed E-state index contributed by atoms with van der Waals surface area (Å²) < 4.78 is 3.11. The third-order valence-corrected chi connectivity index (χ3v) is 6.05. The molecule has 2 heterocycles. The molecule has 5 rings (SSSR count). The lowest BCUT2D eigenvalue weighted by Gasteiger charge is -2.12. The standard InChI is InChI=1S/C26H22ClN5O2/c1-3-18-6-4-5-7-20(18)28-25(33)23-29-24-26(34)31(15-17-9-11-19(27)12-10-17)22-14-16(2)8-13-21(22)32(24)30-23/h4-14H,3,15H2,1-2H3,(H,28,33). The smallest absolute Gasteiger partial charge is 0.296 e. The Morgan fingerprint density at radius 1 is 1.03 bits per heavy atom. The SMILES string of the molecule is CCc1ccccc1NC(=O)c1nc2c(=O)n(Cc3ccc(Cl)cc3)c3cc(C)ccc3n2n1. The van der Waals surface area contributed by atoms with E-state index < -0.39 is 5.91 Å². The number of aromatic nitrogens is 4. The van der Waals surface area contributed by atoms with Gasteiger partial charge in [0, 0.05) is 10.7 Å². The molecular formula is C26H22ClN5O2. The van der Waals surface area contributed by atoms with E-state index in [1.807, 2.05) is 68.4 Å². The quantitative estimate of drug-likeness (QED) is 0.396. The Morgan fingerprint density at radius 2 is 1.79 bits per heavy atom. The van der Waals surface area contributed by atoms with Crippen molar-refractivity contribution in [2.24, 2.45) is 0 Å². The predicted molar refractivity (Wildman–Crippen MR) is 134 cm³/mol. The van der Waals surface area contributed by atoms with Crippen molar-refractivity contribution in [1.29, 1.82) is 0 Å². The van der Waals surface area contributed by atoms with E-state index in [-0.39, 0.29) is 17.0 Å². The summed E-state index contributed by atoms with van der Waals surface area (Å²) in [6, 6.07) is 20.7. The third kappa shape index (κ3) is 3.95. The van der Waals surface area contributed by atoms with Crippen molar-refractivity contribution in [3.8, 4) is 0 Å². The summed E-state index contributed by atoms with van der Waals surface area (Å²) in [5.74, 6) is -0.525. The van der Waals surface area contributed by atoms with Gasteiger partial charge in [0.25, 0.3) is 11.5 Å². The number of benzene rings is 3. The van der Waals surface area contributed by atoms with Crippen LogP contribution in [0.15, 0.2) is 71.5 Å². The van der Waals surface area contributed by atoms with Crippen LogP contribution in [-0.2, 0) is 13.0 Å². The van der Waals surface area contributed by atoms with Gasteiger partial charge in [-0.3, -0.25) is 14.2 Å². The summed E-state index contributed by atoms with van der Waals surface area (Å²) in [4.78, 5) is 30.8. The van der Waals surface area contributed by atoms with Crippen molar-refractivity contribution in [2.45, 2.75) is 26.8 Å². The minimum Gasteiger partial charge on any atom is -0.319 e. The van der Waals surface area contributed by atoms with Gasteiger partial charge >= 0.3 is 0 Å². The molecule has 0 aliphatic rings. The first-order valence-corrected chi connectivity index (χ1v) is 11.4. The number of nitrogens with zero attached hydrogens (tertiary/aromatic N) is 4. The number of anilines is 1. The summed E-state index contributed by atoms with van der Waals surface area (Å²) in [7, 11) is 0. The number of aryl methyl sites for hydroxylation is 2. The maximum atomic E-state index is 13.5. The normalized spacial score (nSPS) is 11.3. The van der Waals surface area contributed by atoms with Gasteiger partial charge in [-0.25, -0.2) is 4.52 Å². The van der Waals surface area contributed by atoms with Crippen LogP contribution in [0.2, 0.25) is 5.02 Å². The van der Waals surface area contributed by atoms with E-state index in [0.717, 1.165) is 23.1 Å². The molecule has 34 heavy (non-hydrogen) atoms. The van der Waals surface area contributed by atoms with Gasteiger partial charge in [0.05, 0.1) is 17.6 Å². The minimum atomic E-state index is -0.464. The van der Waals surface area contributed by atoms with Gasteiger partial charge in [-0.15, -0.1) is 5.10 Å². The van der Waals surface area contributed by atoms with Crippen LogP contribution in [-0.4, -0.2) is 25.1 Å². The maximum absolute atomic E-state index is 13.5. The van der Waals surface area contributed by atoms with E-state index in [0.29, 0.717) is 28.3 Å². The van der Waals surface area contributed by atoms with E-state index in [2.05, 4.69) is 15.4 Å². The molecule has 2 aromatic heterocycles. The van der Waals surface area contributed by atoms with Crippen molar-refractivity contribution in [1.82, 2.24) is 19.2 Å². The Morgan fingerprint density at radius 3 is 2.56 bits per heavy atom. The van der Waals surface area contributed by atoms with Crippen molar-refractivity contribution in [2.75, 3.05) is 5.32 Å². The van der Waals surface area contributed by atoms with Crippen molar-refractivity contribution in [3.63, 3.8) is 0 Å². The molecular weight excluding hydrogens is 450 g/mol. The molecule has 5 aromatic rings. The Hall–Kier alpha value is -3.97. The number of amides is 1. The van der Waals surface area contributed by atoms with Crippen molar-refractivity contribution in [3.05, 3.63) is 105 Å². The lowest BCUT2D eigenvalue weighted by atomic mass is 10.1. The molecule has 0 unspecified atom stereocenters. The number of rotatable bonds is 5. The minimum absolute atomic E-state index is 0.0610. The fraction of sp³-hybridized carbons (Fsp3) is 0.154. The zero-order chi connectivity index (χ0) is 23.8. The van der Waals surface area contributed by atoms with Gasteiger partial charge in [0.2, 0.25) is 11.5 Å². The number of halogens is 1. The molecule has 0 aliphatic carbocycles. The third-order valence-electron chi connectivity index (χ3n) is 5.80. The monoisotopic (exact) mass is 471 g/mol. The van der Waals surface area contributed by atoms with Gasteiger partial charge in [0.15, 0.2) is 0 Å². The van der Waals surface area contributed by atoms with Crippen LogP contribution in [0.1, 0.15) is 34.2 Å². The van der Waals surface area contributed by atoms with Crippen LogP contribution in [0.3, 0.4) is 0 Å². The maximum Gasteiger partial charge on any atom is 0.296 e. The highest BCUT2D eigenvalue weighted by Gasteiger charge is 2.20. The topological polar surface area (TPSA) is 81.3 Å². The lowest BCUT2D eigenvalue weighted by Crippen LogP contribution is -2.24. The zero-order valence-electron chi connectivity index (χ0n) is 18.7. The molecule has 0 bridgehead atoms. The summed E-state index contributed by atoms with van der Waals surface area (Å²) in [6.45, 7) is 4.32. The fourth-order valence-electron chi connectivity index (χ4n) is 4.03. The second kappa shape index (κ2) is 8.76. The first kappa shape index (κ1) is 21.9. The van der Waals surface area contributed by atoms with Crippen LogP contribution in [0.25, 0.3) is 16.7 Å². The number of carbonyl (C=O) groups is 1. The Bertz CT molecular complexity index is 1600. The van der Waals surface area contributed by atoms with Crippen molar-refractivity contribution < 1.29 is 4.79 Å². The van der Waals surface area contributed by atoms with Crippen LogP contribution in [0.4, 0.5) is 5.69 Å². The molecule has 7 nitrogen and oxygen atoms in total. The van der Waals surface area contributed by atoms with E-state index in [1.54, 1.807) is 16.7 Å². The number of fused-ring (bicyclic) bond motifs is 3. The molecule has 0 radical (unpaired) electrons. The van der Waals surface area contributed by atoms with Crippen molar-refractivity contribution >= 4 is 39.9 Å². The molecule has 1 amide bonds. The summed E-state index contributed by atoms with van der Waals surface area (Å²) in [5, 5.41) is 7.91. The van der Waals surface area contributed by atoms with E-state index in [9.17, 15) is 9.59 Å². The predicted octanol–water partition coefficient (Wildman–Crippen LogP) is 4.87. The first-order chi connectivity index (χ1) is 16.4. The average Bonchev–Trinajstić information content (AvgIpc) is 3.29. The zero-order valence-corrected chi connectivity index (χ0v) is 19.5. The van der Waals surface area contributed by atoms with E-state index in [4.69, 9.17) is 11.6 Å². The molecule has 0 fully saturated rings. The van der Waals surface area contributed by atoms with Gasteiger partial charge in [-0.2, -0.15) is 4.98 Å². The van der Waals surface area contributed by atoms with Crippen LogP contribution >= 0.6 is 11.6 Å². The molecule has 0 spiro atoms. The molecule has 0 saturated heterocycles. The molecule has 0 atom stereocenters. The highest BCUT2D eigenvalue weighted by atomic mass is 35.5. The highest BCUT2D eigenvalue weighted by Crippen LogP contribution is 2.19. The Labute approximate surface area is 200 Å². The molecule has 8 heteroatoms. The average molecular weight is 472 g/mol. The van der Waals surface area contributed by atoms with E-state index in [1.165, 1.54) is 4.52 Å². The van der Waals surface area contributed by atoms with Gasteiger partial charge in [-0.05, 0) is 60.4 Å². The summed E-state index contributed by atoms with van der Waals surface area (Å²) in [6.07, 6.45) is 0.772. The summed E-state index contributed by atoms with van der Waals surface area (Å²) in [5.41, 5.74) is 4.81. The number of hydrogen-bond acceptors (Lipinski definition) is 4. The molecule has 0 saturated carbocycles. The van der Waals surface area contributed by atoms with Gasteiger partial charge < -0.3 is 5.32 Å². The van der Waals surface area contributed by atoms with Gasteiger partial charge in [0.1, 0.15) is 0 Å². The molecule has 170 valence electrons. The number of carbonyl (C=O) groups excluding carboxylic acids is 1. The lowest BCUT2D eigenvalue weighted by molar-refractivity contribution is 0.101. The number of hydrogen-bond donors (Lipinski definition) is 1. The highest BCUT2D eigenvalue weighted by molar-refractivity contribution is 6.30. The molecule has 1 N–H and O–H groups in total. The fourth-order valence-corrected chi connectivity index (χ4v) is 4.16. The van der Waals surface area contributed by atoms with Crippen LogP contribution in [0.5, 0.6) is 0 Å². The second-order valence-electron chi connectivity index (χ2n) is 8.15.